The molecule has 0 amide bonds. The molecule has 0 spiro atoms. The smallest absolute Gasteiger partial charge is 0.238 e. The molecular formula is C16H18N6OS. The first kappa shape index (κ1) is 15.2. The SMILES string of the molecule is c1ccc(OC(c2csc(C3CCNCC3)n2)n2cnnn2)cc1. The van der Waals surface area contributed by atoms with Crippen molar-refractivity contribution < 1.29 is 4.74 Å². The van der Waals surface area contributed by atoms with Gasteiger partial charge in [0.2, 0.25) is 6.23 Å². The molecule has 0 radical (unpaired) electrons. The van der Waals surface area contributed by atoms with E-state index in [2.05, 4.69) is 20.8 Å². The molecule has 1 aromatic carbocycles. The summed E-state index contributed by atoms with van der Waals surface area (Å²) >= 11 is 1.69. The fourth-order valence-corrected chi connectivity index (χ4v) is 3.82. The Kier molecular flexibility index (Phi) is 4.48. The van der Waals surface area contributed by atoms with Gasteiger partial charge in [-0.15, -0.1) is 16.4 Å². The molecule has 1 fully saturated rings. The molecule has 1 saturated heterocycles. The zero-order chi connectivity index (χ0) is 16.2. The zero-order valence-corrected chi connectivity index (χ0v) is 13.9. The highest BCUT2D eigenvalue weighted by atomic mass is 32.1. The predicted octanol–water partition coefficient (Wildman–Crippen LogP) is 2.22. The highest BCUT2D eigenvalue weighted by Gasteiger charge is 2.24. The molecule has 7 nitrogen and oxygen atoms in total. The molecule has 124 valence electrons. The molecule has 4 rings (SSSR count). The first-order valence-electron chi connectivity index (χ1n) is 8.00. The van der Waals surface area contributed by atoms with Crippen molar-refractivity contribution in [2.24, 2.45) is 0 Å². The van der Waals surface area contributed by atoms with Gasteiger partial charge in [-0.05, 0) is 48.5 Å². The van der Waals surface area contributed by atoms with E-state index in [9.17, 15) is 0 Å². The molecule has 3 aromatic rings. The second-order valence-electron chi connectivity index (χ2n) is 5.71. The Bertz CT molecular complexity index is 754. The van der Waals surface area contributed by atoms with Gasteiger partial charge in [-0.3, -0.25) is 0 Å². The van der Waals surface area contributed by atoms with E-state index >= 15 is 0 Å². The lowest BCUT2D eigenvalue weighted by Gasteiger charge is -2.20. The monoisotopic (exact) mass is 342 g/mol. The minimum absolute atomic E-state index is 0.464. The molecule has 2 aromatic heterocycles. The fraction of sp³-hybridized carbons (Fsp3) is 0.375. The van der Waals surface area contributed by atoms with Crippen LogP contribution >= 0.6 is 11.3 Å². The fourth-order valence-electron chi connectivity index (χ4n) is 2.82. The lowest BCUT2D eigenvalue weighted by atomic mass is 9.99. The lowest BCUT2D eigenvalue weighted by Crippen LogP contribution is -2.26. The van der Waals surface area contributed by atoms with Crippen molar-refractivity contribution in [3.63, 3.8) is 0 Å². The number of hydrogen-bond acceptors (Lipinski definition) is 7. The molecule has 0 saturated carbocycles. The van der Waals surface area contributed by atoms with Crippen molar-refractivity contribution in [2.45, 2.75) is 25.0 Å². The van der Waals surface area contributed by atoms with Crippen LogP contribution in [0.4, 0.5) is 0 Å². The van der Waals surface area contributed by atoms with Crippen molar-refractivity contribution >= 4 is 11.3 Å². The number of aromatic nitrogens is 5. The van der Waals surface area contributed by atoms with Crippen LogP contribution in [-0.4, -0.2) is 38.3 Å². The van der Waals surface area contributed by atoms with Crippen LogP contribution in [0.5, 0.6) is 5.75 Å². The van der Waals surface area contributed by atoms with Crippen LogP contribution < -0.4 is 10.1 Å². The highest BCUT2D eigenvalue weighted by molar-refractivity contribution is 7.09. The second kappa shape index (κ2) is 7.06. The van der Waals surface area contributed by atoms with E-state index in [4.69, 9.17) is 9.72 Å². The van der Waals surface area contributed by atoms with Gasteiger partial charge < -0.3 is 10.1 Å². The van der Waals surface area contributed by atoms with Crippen molar-refractivity contribution in [2.75, 3.05) is 13.1 Å². The van der Waals surface area contributed by atoms with Crippen LogP contribution in [-0.2, 0) is 0 Å². The van der Waals surface area contributed by atoms with E-state index in [-0.39, 0.29) is 0 Å². The van der Waals surface area contributed by atoms with Gasteiger partial charge in [0.15, 0.2) is 0 Å². The van der Waals surface area contributed by atoms with Crippen molar-refractivity contribution in [3.05, 3.63) is 52.7 Å². The number of nitrogens with one attached hydrogen (secondary N) is 1. The van der Waals surface area contributed by atoms with Crippen molar-refractivity contribution in [3.8, 4) is 5.75 Å². The minimum Gasteiger partial charge on any atom is -0.463 e. The van der Waals surface area contributed by atoms with Gasteiger partial charge in [0, 0.05) is 11.3 Å². The summed E-state index contributed by atoms with van der Waals surface area (Å²) < 4.78 is 7.69. The number of piperidine rings is 1. The van der Waals surface area contributed by atoms with Crippen LogP contribution in [0.1, 0.15) is 35.7 Å². The van der Waals surface area contributed by atoms with Gasteiger partial charge in [0.05, 0.1) is 5.01 Å². The largest absolute Gasteiger partial charge is 0.463 e. The number of hydrogen-bond donors (Lipinski definition) is 1. The Morgan fingerprint density at radius 3 is 2.79 bits per heavy atom. The third-order valence-corrected chi connectivity index (χ3v) is 5.10. The van der Waals surface area contributed by atoms with Gasteiger partial charge in [-0.1, -0.05) is 18.2 Å². The summed E-state index contributed by atoms with van der Waals surface area (Å²) in [6.07, 6.45) is 3.34. The maximum Gasteiger partial charge on any atom is 0.238 e. The average molecular weight is 342 g/mol. The number of rotatable bonds is 5. The molecular weight excluding hydrogens is 324 g/mol. The maximum atomic E-state index is 6.10. The van der Waals surface area contributed by atoms with E-state index in [1.165, 1.54) is 5.01 Å². The van der Waals surface area contributed by atoms with E-state index < -0.39 is 6.23 Å². The molecule has 8 heteroatoms. The first-order valence-corrected chi connectivity index (χ1v) is 8.88. The van der Waals surface area contributed by atoms with Crippen LogP contribution in [0.15, 0.2) is 42.0 Å². The molecule has 1 N–H and O–H groups in total. The van der Waals surface area contributed by atoms with Gasteiger partial charge in [0.1, 0.15) is 17.8 Å². The number of thiazole rings is 1. The second-order valence-corrected chi connectivity index (χ2v) is 6.60. The topological polar surface area (TPSA) is 77.8 Å². The van der Waals surface area contributed by atoms with Crippen molar-refractivity contribution in [1.82, 2.24) is 30.5 Å². The summed E-state index contributed by atoms with van der Waals surface area (Å²) in [7, 11) is 0. The zero-order valence-electron chi connectivity index (χ0n) is 13.1. The van der Waals surface area contributed by atoms with E-state index in [1.54, 1.807) is 22.3 Å². The van der Waals surface area contributed by atoms with Crippen LogP contribution in [0.2, 0.25) is 0 Å². The summed E-state index contributed by atoms with van der Waals surface area (Å²) in [6, 6.07) is 9.66. The van der Waals surface area contributed by atoms with Gasteiger partial charge in [0.25, 0.3) is 0 Å². The Balaban J connectivity index is 1.60. The van der Waals surface area contributed by atoms with E-state index in [0.717, 1.165) is 37.4 Å². The number of para-hydroxylation sites is 1. The highest BCUT2D eigenvalue weighted by Crippen LogP contribution is 2.31. The average Bonchev–Trinajstić information content (AvgIpc) is 3.34. The molecule has 1 aliphatic rings. The molecule has 1 aliphatic heterocycles. The van der Waals surface area contributed by atoms with Crippen LogP contribution in [0, 0.1) is 0 Å². The third-order valence-electron chi connectivity index (χ3n) is 4.08. The van der Waals surface area contributed by atoms with Gasteiger partial charge in [-0.2, -0.15) is 4.68 Å². The number of tetrazole rings is 1. The minimum atomic E-state index is -0.464. The Morgan fingerprint density at radius 2 is 2.04 bits per heavy atom. The summed E-state index contributed by atoms with van der Waals surface area (Å²) in [5.74, 6) is 1.28. The van der Waals surface area contributed by atoms with E-state index in [0.29, 0.717) is 5.92 Å². The molecule has 1 atom stereocenters. The van der Waals surface area contributed by atoms with Crippen LogP contribution in [0.25, 0.3) is 0 Å². The predicted molar refractivity (Wildman–Crippen MR) is 90.0 cm³/mol. The Morgan fingerprint density at radius 1 is 1.21 bits per heavy atom. The normalized spacial score (nSPS) is 16.8. The van der Waals surface area contributed by atoms with E-state index in [1.807, 2.05) is 35.7 Å². The molecule has 0 aliphatic carbocycles. The summed E-state index contributed by atoms with van der Waals surface area (Å²) in [5, 5.41) is 18.1. The van der Waals surface area contributed by atoms with Gasteiger partial charge >= 0.3 is 0 Å². The molecule has 0 bridgehead atoms. The summed E-state index contributed by atoms with van der Waals surface area (Å²) in [4.78, 5) is 4.84. The quantitative estimate of drug-likeness (QED) is 0.766. The first-order chi connectivity index (χ1) is 11.9. The van der Waals surface area contributed by atoms with Crippen LogP contribution in [0.3, 0.4) is 0 Å². The Hall–Kier alpha value is -2.32. The molecule has 3 heterocycles. The third kappa shape index (κ3) is 3.29. The molecule has 24 heavy (non-hydrogen) atoms. The summed E-state index contributed by atoms with van der Waals surface area (Å²) in [6.45, 7) is 2.10. The van der Waals surface area contributed by atoms with Crippen molar-refractivity contribution in [1.29, 1.82) is 0 Å². The Labute approximate surface area is 143 Å². The lowest BCUT2D eigenvalue weighted by molar-refractivity contribution is 0.152. The number of nitrogens with zero attached hydrogens (tertiary/aromatic N) is 5. The standard InChI is InChI=1S/C16H18N6OS/c1-2-4-13(5-3-1)23-16(22-11-18-20-21-22)14-10-24-15(19-14)12-6-8-17-9-7-12/h1-5,10-12,16-17H,6-9H2. The number of benzene rings is 1. The number of ether oxygens (including phenoxy) is 1. The van der Waals surface area contributed by atoms with Gasteiger partial charge in [-0.25, -0.2) is 4.98 Å². The maximum absolute atomic E-state index is 6.10. The summed E-state index contributed by atoms with van der Waals surface area (Å²) in [5.41, 5.74) is 0.838. The molecule has 1 unspecified atom stereocenters.